The van der Waals surface area contributed by atoms with Crippen LogP contribution < -0.4 is 10.7 Å². The lowest BCUT2D eigenvalue weighted by atomic mass is 10.1. The Balaban J connectivity index is 1.44. The number of carbonyl (C=O) groups excluding carboxylic acids is 1. The van der Waals surface area contributed by atoms with Gasteiger partial charge in [-0.05, 0) is 49.2 Å². The van der Waals surface area contributed by atoms with E-state index < -0.39 is 6.10 Å². The molecule has 4 N–H and O–H groups in total. The number of hydrazine groups is 1. The minimum absolute atomic E-state index is 0.0894. The lowest BCUT2D eigenvalue weighted by Gasteiger charge is -2.26. The van der Waals surface area contributed by atoms with E-state index in [9.17, 15) is 15.0 Å². The second kappa shape index (κ2) is 11.1. The van der Waals surface area contributed by atoms with Gasteiger partial charge in [-0.3, -0.25) is 4.79 Å². The number of nitrogens with zero attached hydrogens (tertiary/aromatic N) is 3. The van der Waals surface area contributed by atoms with Crippen LogP contribution in [0.25, 0.3) is 0 Å². The average Bonchev–Trinajstić information content (AvgIpc) is 3.04. The van der Waals surface area contributed by atoms with E-state index in [-0.39, 0.29) is 17.7 Å². The summed E-state index contributed by atoms with van der Waals surface area (Å²) >= 11 is 6.04. The van der Waals surface area contributed by atoms with Crippen molar-refractivity contribution in [1.29, 1.82) is 0 Å². The van der Waals surface area contributed by atoms with Crippen LogP contribution in [0.2, 0.25) is 0 Å². The molecule has 2 aliphatic rings. The monoisotopic (exact) mass is 475 g/mol. The fourth-order valence-electron chi connectivity index (χ4n) is 3.94. The Morgan fingerprint density at radius 3 is 2.61 bits per heavy atom. The van der Waals surface area contributed by atoms with Crippen LogP contribution in [0.3, 0.4) is 0 Å². The van der Waals surface area contributed by atoms with Gasteiger partial charge < -0.3 is 30.8 Å². The Labute approximate surface area is 200 Å². The number of amides is 1. The molecule has 0 fully saturated rings. The maximum Gasteiger partial charge on any atom is 0.253 e. The van der Waals surface area contributed by atoms with Gasteiger partial charge in [-0.25, -0.2) is 5.01 Å². The molecule has 1 aromatic carbocycles. The number of allylic oxidation sites excluding steroid dienone is 3. The Kier molecular flexibility index (Phi) is 8.42. The highest BCUT2D eigenvalue weighted by atomic mass is 35.5. The predicted octanol–water partition coefficient (Wildman–Crippen LogP) is 1.81. The van der Waals surface area contributed by atoms with Crippen LogP contribution in [0.15, 0.2) is 58.6 Å². The first-order valence-corrected chi connectivity index (χ1v) is 11.4. The minimum Gasteiger partial charge on any atom is -0.509 e. The van der Waals surface area contributed by atoms with Crippen LogP contribution in [0, 0.1) is 0 Å². The molecule has 1 aromatic rings. The number of benzene rings is 1. The molecule has 33 heavy (non-hydrogen) atoms. The van der Waals surface area contributed by atoms with Crippen molar-refractivity contribution >= 4 is 17.5 Å². The van der Waals surface area contributed by atoms with Gasteiger partial charge in [-0.2, -0.15) is 0 Å². The highest BCUT2D eigenvalue weighted by Crippen LogP contribution is 2.19. The fourth-order valence-corrected chi connectivity index (χ4v) is 4.07. The molecule has 0 bridgehead atoms. The van der Waals surface area contributed by atoms with E-state index in [1.807, 2.05) is 49.3 Å². The van der Waals surface area contributed by atoms with E-state index in [2.05, 4.69) is 10.7 Å². The van der Waals surface area contributed by atoms with Gasteiger partial charge in [0.05, 0.1) is 11.8 Å². The van der Waals surface area contributed by atoms with Gasteiger partial charge in [0.15, 0.2) is 0 Å². The van der Waals surface area contributed by atoms with Crippen LogP contribution in [-0.2, 0) is 6.42 Å². The molecule has 2 unspecified atom stereocenters. The minimum atomic E-state index is -0.559. The Morgan fingerprint density at radius 2 is 2.00 bits per heavy atom. The van der Waals surface area contributed by atoms with Gasteiger partial charge in [0.2, 0.25) is 0 Å². The van der Waals surface area contributed by atoms with Gasteiger partial charge in [0.1, 0.15) is 17.0 Å². The zero-order valence-electron chi connectivity index (χ0n) is 19.7. The zero-order chi connectivity index (χ0) is 24.1. The first-order valence-electron chi connectivity index (χ1n) is 11.1. The number of likely N-dealkylation sites (N-methyl/N-ethyl adjacent to an activating group) is 3. The summed E-state index contributed by atoms with van der Waals surface area (Å²) in [6.45, 7) is 3.99. The molecule has 0 spiro atoms. The highest BCUT2D eigenvalue weighted by Gasteiger charge is 2.30. The molecule has 180 valence electrons. The average molecular weight is 476 g/mol. The fraction of sp³-hybridized carbons (Fsp3) is 0.458. The summed E-state index contributed by atoms with van der Waals surface area (Å²) in [4.78, 5) is 16.3. The standard InChI is InChI=1S/C24H34ClN5O3/c1-16-23(32)20(30(4)27-16)15-29(3)24(33)18-7-5-17(6-8-18)11-12-26-13-21(31)19-9-10-22(25)28(2)14-19/h5-10,20-21,26-27,31-32H,11-15H2,1-4H3. The first-order chi connectivity index (χ1) is 15.7. The number of carbonyl (C=O) groups is 1. The van der Waals surface area contributed by atoms with Gasteiger partial charge in [-0.15, -0.1) is 0 Å². The Morgan fingerprint density at radius 1 is 1.30 bits per heavy atom. The van der Waals surface area contributed by atoms with E-state index in [1.165, 1.54) is 0 Å². The number of aliphatic hydroxyl groups is 2. The molecule has 8 nitrogen and oxygen atoms in total. The summed E-state index contributed by atoms with van der Waals surface area (Å²) in [7, 11) is 5.47. The SMILES string of the molecule is CC1=C(O)C(CN(C)C(=O)c2ccc(CCNCC(O)C3=CC=C(Cl)N(C)C3)cc2)N(C)N1. The maximum absolute atomic E-state index is 12.8. The second-order valence-electron chi connectivity index (χ2n) is 8.69. The number of aliphatic hydroxyl groups excluding tert-OH is 2. The van der Waals surface area contributed by atoms with Gasteiger partial charge in [0.25, 0.3) is 5.91 Å². The topological polar surface area (TPSA) is 91.3 Å². The van der Waals surface area contributed by atoms with Crippen molar-refractivity contribution in [3.63, 3.8) is 0 Å². The highest BCUT2D eigenvalue weighted by molar-refractivity contribution is 6.29. The van der Waals surface area contributed by atoms with Crippen LogP contribution in [0.1, 0.15) is 22.8 Å². The molecule has 0 radical (unpaired) electrons. The summed E-state index contributed by atoms with van der Waals surface area (Å²) in [5.74, 6) is 0.172. The molecule has 9 heteroatoms. The zero-order valence-corrected chi connectivity index (χ0v) is 20.4. The molecule has 0 aromatic heterocycles. The van der Waals surface area contributed by atoms with E-state index in [0.717, 1.165) is 24.1 Å². The molecule has 2 aliphatic heterocycles. The summed E-state index contributed by atoms with van der Waals surface area (Å²) in [5.41, 5.74) is 6.41. The predicted molar refractivity (Wildman–Crippen MR) is 131 cm³/mol. The molecule has 1 amide bonds. The van der Waals surface area contributed by atoms with Crippen molar-refractivity contribution < 1.29 is 15.0 Å². The van der Waals surface area contributed by atoms with Crippen LogP contribution >= 0.6 is 11.6 Å². The molecule has 0 saturated heterocycles. The van der Waals surface area contributed by atoms with Crippen molar-refractivity contribution in [3.05, 3.63) is 69.7 Å². The normalized spacial score (nSPS) is 19.8. The van der Waals surface area contributed by atoms with Crippen LogP contribution in [-0.4, -0.2) is 90.4 Å². The maximum atomic E-state index is 12.8. The summed E-state index contributed by atoms with van der Waals surface area (Å²) in [6, 6.07) is 7.31. The van der Waals surface area contributed by atoms with Crippen LogP contribution in [0.4, 0.5) is 0 Å². The largest absolute Gasteiger partial charge is 0.509 e. The van der Waals surface area contributed by atoms with Crippen molar-refractivity contribution in [1.82, 2.24) is 25.6 Å². The third-order valence-corrected chi connectivity index (χ3v) is 6.50. The Bertz CT molecular complexity index is 944. The number of hydrogen-bond donors (Lipinski definition) is 4. The lowest BCUT2D eigenvalue weighted by Crippen LogP contribution is -2.44. The summed E-state index contributed by atoms with van der Waals surface area (Å²) in [6.07, 6.45) is 3.91. The van der Waals surface area contributed by atoms with E-state index in [4.69, 9.17) is 11.6 Å². The molecular formula is C24H34ClN5O3. The summed E-state index contributed by atoms with van der Waals surface area (Å²) in [5, 5.41) is 26.3. The number of nitrogens with one attached hydrogen (secondary N) is 2. The second-order valence-corrected chi connectivity index (χ2v) is 9.08. The first kappa shape index (κ1) is 25.1. The smallest absolute Gasteiger partial charge is 0.253 e. The van der Waals surface area contributed by atoms with Crippen molar-refractivity contribution in [2.75, 3.05) is 47.3 Å². The summed E-state index contributed by atoms with van der Waals surface area (Å²) < 4.78 is 0. The van der Waals surface area contributed by atoms with Gasteiger partial charge >= 0.3 is 0 Å². The van der Waals surface area contributed by atoms with Crippen LogP contribution in [0.5, 0.6) is 0 Å². The lowest BCUT2D eigenvalue weighted by molar-refractivity contribution is 0.0741. The molecule has 2 heterocycles. The van der Waals surface area contributed by atoms with Gasteiger partial charge in [0, 0.05) is 46.3 Å². The Hall–Kier alpha value is -2.52. The van der Waals surface area contributed by atoms with E-state index in [0.29, 0.717) is 36.1 Å². The number of hydrogen-bond acceptors (Lipinski definition) is 7. The molecule has 3 rings (SSSR count). The van der Waals surface area contributed by atoms with E-state index >= 15 is 0 Å². The quantitative estimate of drug-likeness (QED) is 0.320. The van der Waals surface area contributed by atoms with Crippen molar-refractivity contribution in [3.8, 4) is 0 Å². The molecular weight excluding hydrogens is 442 g/mol. The third-order valence-electron chi connectivity index (χ3n) is 6.08. The molecule has 0 saturated carbocycles. The number of rotatable bonds is 9. The van der Waals surface area contributed by atoms with E-state index in [1.54, 1.807) is 30.0 Å². The van der Waals surface area contributed by atoms with Crippen molar-refractivity contribution in [2.45, 2.75) is 25.5 Å². The third kappa shape index (κ3) is 6.29. The van der Waals surface area contributed by atoms with Gasteiger partial charge in [-0.1, -0.05) is 29.8 Å². The van der Waals surface area contributed by atoms with Crippen molar-refractivity contribution in [2.24, 2.45) is 0 Å². The molecule has 0 aliphatic carbocycles. The number of halogens is 1. The molecule has 2 atom stereocenters.